The van der Waals surface area contributed by atoms with E-state index >= 15 is 4.39 Å². The van der Waals surface area contributed by atoms with Gasteiger partial charge in [-0.3, -0.25) is 15.3 Å². The summed E-state index contributed by atoms with van der Waals surface area (Å²) in [6, 6.07) is 11.1. The number of halogens is 1. The number of hydrogen-bond donors (Lipinski definition) is 3. The molecular weight excluding hydrogens is 562 g/mol. The Hall–Kier alpha value is -3.81. The topological polar surface area (TPSA) is 120 Å². The first kappa shape index (κ1) is 28.7. The molecule has 2 aromatic carbocycles. The number of aryl methyl sites for hydroxylation is 2. The Morgan fingerprint density at radius 2 is 1.95 bits per heavy atom. The van der Waals surface area contributed by atoms with Crippen LogP contribution in [0.2, 0.25) is 0 Å². The molecule has 1 aliphatic rings. The summed E-state index contributed by atoms with van der Waals surface area (Å²) in [7, 11) is 2.06. The Morgan fingerprint density at radius 1 is 1.22 bits per heavy atom. The van der Waals surface area contributed by atoms with Crippen molar-refractivity contribution in [2.24, 2.45) is 10.8 Å². The number of aromatic amines is 1. The normalized spacial score (nSPS) is 14.5. The zero-order chi connectivity index (χ0) is 29.1. The minimum atomic E-state index is -0.402. The van der Waals surface area contributed by atoms with Gasteiger partial charge in [0.25, 0.3) is 0 Å². The molecule has 2 aromatic heterocycles. The predicted octanol–water partition coefficient (Wildman–Crippen LogP) is 3.34. The molecule has 0 atom stereocenters. The van der Waals surface area contributed by atoms with Gasteiger partial charge in [-0.25, -0.2) is 9.37 Å². The third kappa shape index (κ3) is 6.42. The monoisotopic (exact) mass is 593 g/mol. The lowest BCUT2D eigenvalue weighted by Crippen LogP contribution is -2.44. The van der Waals surface area contributed by atoms with Gasteiger partial charge < -0.3 is 20.1 Å². The summed E-state index contributed by atoms with van der Waals surface area (Å²) in [4.78, 5) is 22.4. The van der Waals surface area contributed by atoms with Crippen molar-refractivity contribution in [2.75, 3.05) is 43.9 Å². The number of nitrogens with two attached hydrogens (primary N) is 1. The van der Waals surface area contributed by atoms with Gasteiger partial charge in [0.1, 0.15) is 5.82 Å². The van der Waals surface area contributed by atoms with Crippen LogP contribution >= 0.6 is 24.0 Å². The number of benzene rings is 2. The van der Waals surface area contributed by atoms with E-state index in [-0.39, 0.29) is 10.5 Å². The number of rotatable bonds is 8. The third-order valence-corrected chi connectivity index (χ3v) is 8.03. The predicted molar refractivity (Wildman–Crippen MR) is 167 cm³/mol. The zero-order valence-electron chi connectivity index (χ0n) is 23.1. The fraction of sp³-hybridized carbons (Fsp3) is 0.321. The van der Waals surface area contributed by atoms with Gasteiger partial charge in [0.2, 0.25) is 5.16 Å². The molecule has 0 bridgehead atoms. The quantitative estimate of drug-likeness (QED) is 0.122. The van der Waals surface area contributed by atoms with Crippen LogP contribution in [0, 0.1) is 12.7 Å². The first-order valence-electron chi connectivity index (χ1n) is 13.3. The molecule has 5 rings (SSSR count). The summed E-state index contributed by atoms with van der Waals surface area (Å²) < 4.78 is 17.3. The fourth-order valence-electron chi connectivity index (χ4n) is 4.73. The number of H-pyrrole nitrogens is 1. The van der Waals surface area contributed by atoms with E-state index in [1.807, 2.05) is 47.6 Å². The fourth-order valence-corrected chi connectivity index (χ4v) is 5.54. The molecule has 41 heavy (non-hydrogen) atoms. The van der Waals surface area contributed by atoms with Crippen LogP contribution in [0.15, 0.2) is 57.6 Å². The summed E-state index contributed by atoms with van der Waals surface area (Å²) in [5, 5.41) is 12.4. The number of hydrogen-bond acceptors (Lipinski definition) is 8. The summed E-state index contributed by atoms with van der Waals surface area (Å²) in [5.41, 5.74) is 12.2. The molecule has 1 aliphatic heterocycles. The van der Waals surface area contributed by atoms with E-state index in [9.17, 15) is 4.79 Å². The Bertz CT molecular complexity index is 1660. The van der Waals surface area contributed by atoms with Gasteiger partial charge >= 0.3 is 0 Å². The lowest BCUT2D eigenvalue weighted by molar-refractivity contribution is 0.312. The van der Waals surface area contributed by atoms with Crippen molar-refractivity contribution in [2.45, 2.75) is 25.5 Å². The highest BCUT2D eigenvalue weighted by molar-refractivity contribution is 7.99. The Morgan fingerprint density at radius 3 is 2.63 bits per heavy atom. The lowest BCUT2D eigenvalue weighted by Gasteiger charge is -2.34. The molecule has 3 heterocycles. The zero-order valence-corrected chi connectivity index (χ0v) is 24.8. The van der Waals surface area contributed by atoms with Crippen molar-refractivity contribution in [3.05, 3.63) is 69.8 Å². The number of nitrogens with zero attached hydrogens (tertiary/aromatic N) is 6. The average molecular weight is 594 g/mol. The third-order valence-electron chi connectivity index (χ3n) is 7.08. The van der Waals surface area contributed by atoms with Gasteiger partial charge in [-0.15, -0.1) is 5.10 Å². The van der Waals surface area contributed by atoms with E-state index in [0.29, 0.717) is 51.1 Å². The summed E-state index contributed by atoms with van der Waals surface area (Å²) >= 11 is 6.25. The molecule has 0 unspecified atom stereocenters. The van der Waals surface area contributed by atoms with Crippen molar-refractivity contribution in [1.29, 1.82) is 0 Å². The van der Waals surface area contributed by atoms with Crippen molar-refractivity contribution in [3.8, 4) is 11.4 Å². The van der Waals surface area contributed by atoms with Gasteiger partial charge in [-0.2, -0.15) is 5.10 Å². The maximum atomic E-state index is 15.3. The number of thiocarbonyl (C=S) groups is 1. The van der Waals surface area contributed by atoms with Crippen LogP contribution in [-0.4, -0.2) is 74.5 Å². The van der Waals surface area contributed by atoms with E-state index in [0.717, 1.165) is 37.3 Å². The Kier molecular flexibility index (Phi) is 8.66. The van der Waals surface area contributed by atoms with E-state index in [1.54, 1.807) is 12.3 Å². The molecule has 13 heteroatoms. The molecule has 1 saturated heterocycles. The van der Waals surface area contributed by atoms with Crippen LogP contribution in [0.3, 0.4) is 0 Å². The van der Waals surface area contributed by atoms with Crippen LogP contribution < -0.4 is 21.5 Å². The number of pyridine rings is 1. The maximum absolute atomic E-state index is 15.3. The first-order chi connectivity index (χ1) is 19.7. The number of piperazine rings is 1. The second-order valence-electron chi connectivity index (χ2n) is 9.92. The summed E-state index contributed by atoms with van der Waals surface area (Å²) in [6.45, 7) is 7.78. The average Bonchev–Trinajstić information content (AvgIpc) is 3.43. The first-order valence-corrected chi connectivity index (χ1v) is 14.7. The lowest BCUT2D eigenvalue weighted by atomic mass is 10.1. The molecule has 0 aliphatic carbocycles. The van der Waals surface area contributed by atoms with E-state index in [1.165, 1.54) is 17.8 Å². The molecular formula is C28H32FN9OS2. The second-order valence-corrected chi connectivity index (χ2v) is 11.3. The number of aromatic nitrogens is 4. The van der Waals surface area contributed by atoms with Crippen LogP contribution in [0.4, 0.5) is 10.1 Å². The number of nitrogens with one attached hydrogen (secondary N) is 2. The largest absolute Gasteiger partial charge is 0.375 e. The standard InChI is InChI=1S/C28H32FN9OS2/c1-4-37-15-20(25(39)19-13-21(29)24(14-23(19)37)38-11-9-36(3)10-12-38)26-31-28(35-33-26)41-16-22(32-34-27(30)40)18-7-5-17(2)6-8-18/h5-8,13-15H,4,9-12,16H2,1-3H3,(H3,30,34,40)(H,31,33,35)/b32-22-. The van der Waals surface area contributed by atoms with E-state index < -0.39 is 5.82 Å². The van der Waals surface area contributed by atoms with Gasteiger partial charge in [0, 0.05) is 50.1 Å². The molecule has 0 radical (unpaired) electrons. The molecule has 214 valence electrons. The van der Waals surface area contributed by atoms with E-state index in [2.05, 4.69) is 37.7 Å². The molecule has 10 nitrogen and oxygen atoms in total. The molecule has 4 aromatic rings. The molecule has 4 N–H and O–H groups in total. The molecule has 0 amide bonds. The van der Waals surface area contributed by atoms with Gasteiger partial charge in [0.15, 0.2) is 16.4 Å². The molecule has 0 saturated carbocycles. The number of thioether (sulfide) groups is 1. The van der Waals surface area contributed by atoms with Crippen LogP contribution in [0.5, 0.6) is 0 Å². The highest BCUT2D eigenvalue weighted by atomic mass is 32.2. The minimum absolute atomic E-state index is 0.0652. The molecule has 0 spiro atoms. The van der Waals surface area contributed by atoms with Crippen molar-refractivity contribution < 1.29 is 4.39 Å². The van der Waals surface area contributed by atoms with E-state index in [4.69, 9.17) is 18.0 Å². The minimum Gasteiger partial charge on any atom is -0.375 e. The summed E-state index contributed by atoms with van der Waals surface area (Å²) in [5.74, 6) is 0.342. The summed E-state index contributed by atoms with van der Waals surface area (Å²) in [6.07, 6.45) is 1.76. The van der Waals surface area contributed by atoms with Crippen LogP contribution in [0.25, 0.3) is 22.3 Å². The SMILES string of the molecule is CCn1cc(-c2nc(SC/C(=N/NC(N)=S)c3ccc(C)cc3)n[nH]2)c(=O)c2cc(F)c(N3CCN(C)CC3)cc21. The molecule has 1 fully saturated rings. The van der Waals surface area contributed by atoms with Gasteiger partial charge in [-0.1, -0.05) is 41.6 Å². The van der Waals surface area contributed by atoms with Crippen LogP contribution in [-0.2, 0) is 6.54 Å². The van der Waals surface area contributed by atoms with Crippen LogP contribution in [0.1, 0.15) is 18.1 Å². The number of hydrazone groups is 1. The van der Waals surface area contributed by atoms with Gasteiger partial charge in [-0.05, 0) is 50.8 Å². The Labute approximate surface area is 246 Å². The van der Waals surface area contributed by atoms with Crippen molar-refractivity contribution in [3.63, 3.8) is 0 Å². The Balaban J connectivity index is 1.42. The van der Waals surface area contributed by atoms with Gasteiger partial charge in [0.05, 0.1) is 22.5 Å². The number of likely N-dealkylation sites (N-methyl/N-ethyl adjacent to an activating group) is 1. The number of anilines is 1. The smallest absolute Gasteiger partial charge is 0.209 e. The van der Waals surface area contributed by atoms with Crippen molar-refractivity contribution >= 4 is 51.4 Å². The highest BCUT2D eigenvalue weighted by Gasteiger charge is 2.21. The number of fused-ring (bicyclic) bond motifs is 1. The maximum Gasteiger partial charge on any atom is 0.209 e. The highest BCUT2D eigenvalue weighted by Crippen LogP contribution is 2.28. The second kappa shape index (κ2) is 12.4. The van der Waals surface area contributed by atoms with Crippen molar-refractivity contribution in [1.82, 2.24) is 30.1 Å².